The smallest absolute Gasteiger partial charge is 0.419 e. The van der Waals surface area contributed by atoms with Crippen LogP contribution in [0.5, 0.6) is 0 Å². The van der Waals surface area contributed by atoms with Gasteiger partial charge in [-0.1, -0.05) is 18.2 Å². The van der Waals surface area contributed by atoms with Crippen LogP contribution in [0.2, 0.25) is 0 Å². The van der Waals surface area contributed by atoms with E-state index < -0.39 is 5.76 Å². The number of para-hydroxylation sites is 2. The second kappa shape index (κ2) is 7.63. The molecule has 0 aliphatic heterocycles. The number of nitrogens with one attached hydrogen (secondary N) is 1. The van der Waals surface area contributed by atoms with Crippen molar-refractivity contribution in [2.75, 3.05) is 0 Å². The summed E-state index contributed by atoms with van der Waals surface area (Å²) in [5.74, 6) is 0.0531. The van der Waals surface area contributed by atoms with E-state index in [4.69, 9.17) is 8.83 Å². The number of fused-ring (bicyclic) bond motifs is 1. The van der Waals surface area contributed by atoms with Crippen LogP contribution < -0.4 is 11.1 Å². The molecule has 8 heteroatoms. The molecule has 0 atom stereocenters. The van der Waals surface area contributed by atoms with Crippen LogP contribution in [0.1, 0.15) is 18.5 Å². The zero-order valence-corrected chi connectivity index (χ0v) is 15.2. The number of nitrogens with zero attached hydrogens (tertiary/aromatic N) is 2. The van der Waals surface area contributed by atoms with Gasteiger partial charge in [0.05, 0.1) is 22.6 Å². The first-order chi connectivity index (χ1) is 13.2. The molecule has 1 N–H and O–H groups in total. The molecule has 0 bridgehead atoms. The number of hydrogen-bond acceptors (Lipinski definition) is 6. The summed E-state index contributed by atoms with van der Waals surface area (Å²) in [6.07, 6.45) is 2.39. The van der Waals surface area contributed by atoms with E-state index >= 15 is 0 Å². The summed E-state index contributed by atoms with van der Waals surface area (Å²) in [4.78, 5) is 29.3. The van der Waals surface area contributed by atoms with Crippen molar-refractivity contribution in [3.05, 3.63) is 64.3 Å². The number of benzene rings is 1. The molecule has 138 valence electrons. The number of aromatic nitrogens is 2. The summed E-state index contributed by atoms with van der Waals surface area (Å²) in [5.41, 5.74) is 1.97. The molecule has 27 heavy (non-hydrogen) atoms. The molecule has 0 radical (unpaired) electrons. The quantitative estimate of drug-likeness (QED) is 0.528. The molecule has 0 aliphatic rings. The lowest BCUT2D eigenvalue weighted by atomic mass is 10.2. The van der Waals surface area contributed by atoms with Gasteiger partial charge in [-0.25, -0.2) is 9.78 Å². The SMILES string of the molecule is O=C(CCCn1c(=O)oc2ccccc21)NCc1coc(-c2cccs2)n1. The molecule has 1 amide bonds. The van der Waals surface area contributed by atoms with E-state index in [0.29, 0.717) is 43.1 Å². The molecule has 0 spiro atoms. The number of carbonyl (C=O) groups excluding carboxylic acids is 1. The third-order valence-corrected chi connectivity index (χ3v) is 4.97. The number of oxazole rings is 2. The van der Waals surface area contributed by atoms with Crippen LogP contribution in [0, 0.1) is 0 Å². The lowest BCUT2D eigenvalue weighted by molar-refractivity contribution is -0.121. The van der Waals surface area contributed by atoms with Crippen LogP contribution in [-0.4, -0.2) is 15.5 Å². The number of amides is 1. The fourth-order valence-corrected chi connectivity index (χ4v) is 3.46. The monoisotopic (exact) mass is 383 g/mol. The molecule has 0 saturated carbocycles. The van der Waals surface area contributed by atoms with Gasteiger partial charge in [-0.15, -0.1) is 11.3 Å². The highest BCUT2D eigenvalue weighted by atomic mass is 32.1. The number of hydrogen-bond donors (Lipinski definition) is 1. The van der Waals surface area contributed by atoms with E-state index in [1.54, 1.807) is 28.2 Å². The Balaban J connectivity index is 1.28. The number of thiophene rings is 1. The summed E-state index contributed by atoms with van der Waals surface area (Å²) in [6, 6.07) is 11.1. The minimum atomic E-state index is -0.402. The van der Waals surface area contributed by atoms with Gasteiger partial charge in [-0.2, -0.15) is 0 Å². The first-order valence-corrected chi connectivity index (χ1v) is 9.42. The average molecular weight is 383 g/mol. The van der Waals surface area contributed by atoms with Crippen molar-refractivity contribution in [2.24, 2.45) is 0 Å². The van der Waals surface area contributed by atoms with Crippen molar-refractivity contribution in [1.29, 1.82) is 0 Å². The number of carbonyl (C=O) groups is 1. The first-order valence-electron chi connectivity index (χ1n) is 8.54. The average Bonchev–Trinajstić information content (AvgIpc) is 3.40. The Morgan fingerprint density at radius 1 is 1.22 bits per heavy atom. The Hall–Kier alpha value is -3.13. The van der Waals surface area contributed by atoms with Crippen LogP contribution in [0.15, 0.2) is 61.7 Å². The molecule has 3 aromatic heterocycles. The van der Waals surface area contributed by atoms with Gasteiger partial charge >= 0.3 is 5.76 Å². The number of rotatable bonds is 7. The van der Waals surface area contributed by atoms with E-state index in [2.05, 4.69) is 10.3 Å². The van der Waals surface area contributed by atoms with Gasteiger partial charge in [-0.05, 0) is 30.0 Å². The molecule has 0 fully saturated rings. The first kappa shape index (κ1) is 17.3. The standard InChI is InChI=1S/C19H17N3O4S/c23-17(20-11-13-12-25-18(21-13)16-7-4-10-27-16)8-3-9-22-14-5-1-2-6-15(14)26-19(22)24/h1-2,4-7,10,12H,3,8-9,11H2,(H,20,23). The topological polar surface area (TPSA) is 90.3 Å². The maximum atomic E-state index is 12.1. The van der Waals surface area contributed by atoms with E-state index in [1.807, 2.05) is 35.7 Å². The minimum Gasteiger partial charge on any atom is -0.443 e. The summed E-state index contributed by atoms with van der Waals surface area (Å²) < 4.78 is 12.2. The van der Waals surface area contributed by atoms with Gasteiger partial charge in [0.25, 0.3) is 0 Å². The third kappa shape index (κ3) is 3.85. The predicted molar refractivity (Wildman–Crippen MR) is 101 cm³/mol. The fourth-order valence-electron chi connectivity index (χ4n) is 2.80. The number of aryl methyl sites for hydroxylation is 1. The van der Waals surface area contributed by atoms with Crippen molar-refractivity contribution in [3.63, 3.8) is 0 Å². The molecule has 3 heterocycles. The van der Waals surface area contributed by atoms with Crippen molar-refractivity contribution in [1.82, 2.24) is 14.9 Å². The van der Waals surface area contributed by atoms with E-state index in [9.17, 15) is 9.59 Å². The van der Waals surface area contributed by atoms with Crippen LogP contribution >= 0.6 is 11.3 Å². The summed E-state index contributed by atoms with van der Waals surface area (Å²) in [6.45, 7) is 0.734. The third-order valence-electron chi connectivity index (χ3n) is 4.11. The van der Waals surface area contributed by atoms with Crippen LogP contribution in [0.3, 0.4) is 0 Å². The van der Waals surface area contributed by atoms with Crippen LogP contribution in [0.25, 0.3) is 21.9 Å². The molecule has 4 rings (SSSR count). The molecule has 0 aliphatic carbocycles. The van der Waals surface area contributed by atoms with Crippen molar-refractivity contribution in [3.8, 4) is 10.8 Å². The van der Waals surface area contributed by atoms with Crippen molar-refractivity contribution >= 4 is 28.3 Å². The lowest BCUT2D eigenvalue weighted by Gasteiger charge is -2.04. The Morgan fingerprint density at radius 2 is 2.11 bits per heavy atom. The molecular weight excluding hydrogens is 366 g/mol. The predicted octanol–water partition coefficient (Wildman–Crippen LogP) is 3.41. The van der Waals surface area contributed by atoms with E-state index in [1.165, 1.54) is 0 Å². The van der Waals surface area contributed by atoms with Gasteiger partial charge in [0.1, 0.15) is 6.26 Å². The Bertz CT molecular complexity index is 1110. The molecule has 0 unspecified atom stereocenters. The summed E-state index contributed by atoms with van der Waals surface area (Å²) >= 11 is 1.55. The second-order valence-electron chi connectivity index (χ2n) is 5.99. The van der Waals surface area contributed by atoms with E-state index in [-0.39, 0.29) is 5.91 Å². The van der Waals surface area contributed by atoms with Crippen molar-refractivity contribution < 1.29 is 13.6 Å². The second-order valence-corrected chi connectivity index (χ2v) is 6.94. The highest BCUT2D eigenvalue weighted by molar-refractivity contribution is 7.13. The fraction of sp³-hybridized carbons (Fsp3) is 0.211. The van der Waals surface area contributed by atoms with E-state index in [0.717, 1.165) is 10.4 Å². The van der Waals surface area contributed by atoms with Gasteiger partial charge in [0.2, 0.25) is 11.8 Å². The zero-order chi connectivity index (χ0) is 18.6. The zero-order valence-electron chi connectivity index (χ0n) is 14.4. The normalized spacial score (nSPS) is 11.1. The Kier molecular flexibility index (Phi) is 4.88. The van der Waals surface area contributed by atoms with Gasteiger partial charge in [0, 0.05) is 13.0 Å². The molecule has 4 aromatic rings. The molecule has 1 aromatic carbocycles. The largest absolute Gasteiger partial charge is 0.443 e. The maximum Gasteiger partial charge on any atom is 0.419 e. The highest BCUT2D eigenvalue weighted by Crippen LogP contribution is 2.23. The van der Waals surface area contributed by atoms with Gasteiger partial charge in [-0.3, -0.25) is 9.36 Å². The van der Waals surface area contributed by atoms with Crippen molar-refractivity contribution in [2.45, 2.75) is 25.9 Å². The highest BCUT2D eigenvalue weighted by Gasteiger charge is 2.11. The van der Waals surface area contributed by atoms with Gasteiger partial charge in [0.15, 0.2) is 5.58 Å². The summed E-state index contributed by atoms with van der Waals surface area (Å²) in [7, 11) is 0. The molecule has 7 nitrogen and oxygen atoms in total. The Labute approximate surface area is 158 Å². The molecule has 0 saturated heterocycles. The van der Waals surface area contributed by atoms with Crippen LogP contribution in [-0.2, 0) is 17.9 Å². The maximum absolute atomic E-state index is 12.1. The van der Waals surface area contributed by atoms with Crippen LogP contribution in [0.4, 0.5) is 0 Å². The van der Waals surface area contributed by atoms with Gasteiger partial charge < -0.3 is 14.2 Å². The lowest BCUT2D eigenvalue weighted by Crippen LogP contribution is -2.23. The minimum absolute atomic E-state index is 0.100. The molecular formula is C19H17N3O4S. The Morgan fingerprint density at radius 3 is 2.96 bits per heavy atom. The summed E-state index contributed by atoms with van der Waals surface area (Å²) in [5, 5.41) is 4.77.